The number of carbonyl (C=O) groups excluding carboxylic acids is 1. The summed E-state index contributed by atoms with van der Waals surface area (Å²) in [6.45, 7) is 2.09. The Balaban J connectivity index is 1.54. The molecule has 0 aliphatic rings. The molecule has 2 N–H and O–H groups in total. The maximum absolute atomic E-state index is 12.1. The van der Waals surface area contributed by atoms with Crippen LogP contribution in [0.3, 0.4) is 0 Å². The average Bonchev–Trinajstić information content (AvgIpc) is 3.23. The van der Waals surface area contributed by atoms with Gasteiger partial charge in [0.2, 0.25) is 0 Å². The van der Waals surface area contributed by atoms with Gasteiger partial charge in [-0.1, -0.05) is 0 Å². The molecule has 0 atom stereocenters. The van der Waals surface area contributed by atoms with Crippen molar-refractivity contribution in [2.75, 3.05) is 5.32 Å². The smallest absolute Gasteiger partial charge is 0.462 e. The minimum Gasteiger partial charge on any atom is -0.462 e. The number of aryl methyl sites for hydroxylation is 1. The predicted molar refractivity (Wildman–Crippen MR) is 93.5 cm³/mol. The average molecular weight is 397 g/mol. The Bertz CT molecular complexity index is 906. The van der Waals surface area contributed by atoms with Crippen molar-refractivity contribution in [2.24, 2.45) is 0 Å². The van der Waals surface area contributed by atoms with Crippen LogP contribution in [0.2, 0.25) is 0 Å². The summed E-state index contributed by atoms with van der Waals surface area (Å²) in [5.41, 5.74) is 1.11. The lowest BCUT2D eigenvalue weighted by atomic mass is 10.3. The van der Waals surface area contributed by atoms with Crippen molar-refractivity contribution in [1.82, 2.24) is 10.3 Å². The highest BCUT2D eigenvalue weighted by atomic mass is 32.1. The summed E-state index contributed by atoms with van der Waals surface area (Å²) >= 11 is 1.40. The number of aromatic nitrogens is 1. The van der Waals surface area contributed by atoms with Gasteiger partial charge in [-0.3, -0.25) is 0 Å². The molecule has 0 bridgehead atoms. The third kappa shape index (κ3) is 5.23. The minimum atomic E-state index is -4.76. The van der Waals surface area contributed by atoms with Gasteiger partial charge in [0.05, 0.1) is 18.5 Å². The molecule has 0 unspecified atom stereocenters. The molecule has 0 saturated carbocycles. The molecule has 142 valence electrons. The Morgan fingerprint density at radius 3 is 2.63 bits per heavy atom. The van der Waals surface area contributed by atoms with Crippen LogP contribution in [-0.4, -0.2) is 17.4 Å². The first-order chi connectivity index (χ1) is 12.8. The normalized spacial score (nSPS) is 11.3. The summed E-state index contributed by atoms with van der Waals surface area (Å²) < 4.78 is 45.4. The number of hydrogen-bond acceptors (Lipinski definition) is 5. The van der Waals surface area contributed by atoms with Crippen LogP contribution in [-0.2, 0) is 6.54 Å². The topological polar surface area (TPSA) is 76.4 Å². The molecule has 2 amide bonds. The van der Waals surface area contributed by atoms with E-state index in [1.165, 1.54) is 23.5 Å². The zero-order valence-corrected chi connectivity index (χ0v) is 14.8. The van der Waals surface area contributed by atoms with Crippen LogP contribution in [0.1, 0.15) is 10.6 Å². The van der Waals surface area contributed by atoms with E-state index in [0.29, 0.717) is 11.4 Å². The highest BCUT2D eigenvalue weighted by Gasteiger charge is 2.30. The molecule has 2 aromatic heterocycles. The molecule has 0 radical (unpaired) electrons. The fourth-order valence-corrected chi connectivity index (χ4v) is 3.14. The van der Waals surface area contributed by atoms with Gasteiger partial charge >= 0.3 is 12.4 Å². The highest BCUT2D eigenvalue weighted by Crippen LogP contribution is 2.28. The van der Waals surface area contributed by atoms with Gasteiger partial charge in [-0.25, -0.2) is 9.78 Å². The number of nitrogens with zero attached hydrogens (tertiary/aromatic N) is 1. The molecule has 3 aromatic rings. The van der Waals surface area contributed by atoms with Gasteiger partial charge in [-0.15, -0.1) is 24.5 Å². The van der Waals surface area contributed by atoms with E-state index >= 15 is 0 Å². The third-order valence-corrected chi connectivity index (χ3v) is 4.55. The zero-order chi connectivity index (χ0) is 19.4. The van der Waals surface area contributed by atoms with Crippen molar-refractivity contribution in [3.8, 4) is 16.5 Å². The van der Waals surface area contributed by atoms with E-state index in [9.17, 15) is 18.0 Å². The molecule has 1 aromatic carbocycles. The van der Waals surface area contributed by atoms with E-state index in [1.54, 1.807) is 18.4 Å². The second kappa shape index (κ2) is 7.70. The quantitative estimate of drug-likeness (QED) is 0.640. The number of benzene rings is 1. The second-order valence-electron chi connectivity index (χ2n) is 5.38. The molecule has 0 aliphatic heterocycles. The SMILES string of the molecule is Cc1nc(-c2ccco2)sc1CNC(=O)Nc1ccc(OC(F)(F)F)cc1. The number of rotatable bonds is 5. The summed E-state index contributed by atoms with van der Waals surface area (Å²) in [4.78, 5) is 17.2. The summed E-state index contributed by atoms with van der Waals surface area (Å²) in [7, 11) is 0. The van der Waals surface area contributed by atoms with Gasteiger partial charge in [0.1, 0.15) is 5.75 Å². The number of thiazole rings is 1. The number of carbonyl (C=O) groups is 1. The lowest BCUT2D eigenvalue weighted by Gasteiger charge is -2.10. The van der Waals surface area contributed by atoms with Crippen LogP contribution in [0.5, 0.6) is 5.75 Å². The maximum atomic E-state index is 12.1. The first-order valence-electron chi connectivity index (χ1n) is 7.71. The molecular weight excluding hydrogens is 383 g/mol. The van der Waals surface area contributed by atoms with E-state index < -0.39 is 12.4 Å². The summed E-state index contributed by atoms with van der Waals surface area (Å²) in [6.07, 6.45) is -3.20. The van der Waals surface area contributed by atoms with Crippen LogP contribution in [0.25, 0.3) is 10.8 Å². The molecule has 2 heterocycles. The van der Waals surface area contributed by atoms with Crippen molar-refractivity contribution >= 4 is 23.1 Å². The Hall–Kier alpha value is -3.01. The van der Waals surface area contributed by atoms with Crippen molar-refractivity contribution in [3.05, 3.63) is 53.2 Å². The van der Waals surface area contributed by atoms with Gasteiger partial charge < -0.3 is 19.8 Å². The molecule has 0 spiro atoms. The summed E-state index contributed by atoms with van der Waals surface area (Å²) in [5.74, 6) is 0.291. The fourth-order valence-electron chi connectivity index (χ4n) is 2.17. The Morgan fingerprint density at radius 1 is 1.26 bits per heavy atom. The van der Waals surface area contributed by atoms with Crippen LogP contribution in [0, 0.1) is 6.92 Å². The summed E-state index contributed by atoms with van der Waals surface area (Å²) in [6, 6.07) is 7.93. The van der Waals surface area contributed by atoms with Gasteiger partial charge in [0, 0.05) is 10.6 Å². The number of halogens is 3. The number of hydrogen-bond donors (Lipinski definition) is 2. The Labute approximate surface area is 156 Å². The molecule has 10 heteroatoms. The maximum Gasteiger partial charge on any atom is 0.573 e. The van der Waals surface area contributed by atoms with Crippen LogP contribution < -0.4 is 15.4 Å². The van der Waals surface area contributed by atoms with E-state index in [2.05, 4.69) is 20.4 Å². The van der Waals surface area contributed by atoms with Crippen LogP contribution in [0.15, 0.2) is 47.1 Å². The molecule has 3 rings (SSSR count). The number of amides is 2. The molecule has 0 fully saturated rings. The van der Waals surface area contributed by atoms with E-state index in [-0.39, 0.29) is 12.3 Å². The van der Waals surface area contributed by atoms with Gasteiger partial charge in [-0.05, 0) is 43.3 Å². The first kappa shape index (κ1) is 18.8. The Morgan fingerprint density at radius 2 is 2.00 bits per heavy atom. The van der Waals surface area contributed by atoms with E-state index in [4.69, 9.17) is 4.42 Å². The number of ether oxygens (including phenoxy) is 1. The molecular formula is C17H14F3N3O3S. The molecule has 6 nitrogen and oxygen atoms in total. The summed E-state index contributed by atoms with van der Waals surface area (Å²) in [5, 5.41) is 5.93. The highest BCUT2D eigenvalue weighted by molar-refractivity contribution is 7.15. The van der Waals surface area contributed by atoms with Gasteiger partial charge in [0.15, 0.2) is 10.8 Å². The van der Waals surface area contributed by atoms with E-state index in [1.807, 2.05) is 6.92 Å². The van der Waals surface area contributed by atoms with Crippen LogP contribution in [0.4, 0.5) is 23.7 Å². The number of anilines is 1. The molecule has 0 aliphatic carbocycles. The Kier molecular flexibility index (Phi) is 5.36. The monoisotopic (exact) mass is 397 g/mol. The first-order valence-corrected chi connectivity index (χ1v) is 8.52. The largest absolute Gasteiger partial charge is 0.573 e. The predicted octanol–water partition coefficient (Wildman–Crippen LogP) is 4.93. The van der Waals surface area contributed by atoms with Gasteiger partial charge in [-0.2, -0.15) is 0 Å². The van der Waals surface area contributed by atoms with Gasteiger partial charge in [0.25, 0.3) is 0 Å². The van der Waals surface area contributed by atoms with E-state index in [0.717, 1.165) is 27.7 Å². The van der Waals surface area contributed by atoms with Crippen molar-refractivity contribution in [2.45, 2.75) is 19.8 Å². The van der Waals surface area contributed by atoms with Crippen LogP contribution >= 0.6 is 11.3 Å². The number of furan rings is 1. The van der Waals surface area contributed by atoms with Crippen molar-refractivity contribution in [3.63, 3.8) is 0 Å². The lowest BCUT2D eigenvalue weighted by Crippen LogP contribution is -2.28. The second-order valence-corrected chi connectivity index (χ2v) is 6.47. The third-order valence-electron chi connectivity index (χ3n) is 3.38. The fraction of sp³-hybridized carbons (Fsp3) is 0.176. The molecule has 0 saturated heterocycles. The minimum absolute atomic E-state index is 0.255. The molecule has 27 heavy (non-hydrogen) atoms. The standard InChI is InChI=1S/C17H14F3N3O3S/c1-10-14(27-15(22-10)13-3-2-8-25-13)9-21-16(24)23-11-4-6-12(7-5-11)26-17(18,19)20/h2-8H,9H2,1H3,(H2,21,23,24). The number of urea groups is 1. The lowest BCUT2D eigenvalue weighted by molar-refractivity contribution is -0.274. The number of alkyl halides is 3. The van der Waals surface area contributed by atoms with Crippen molar-refractivity contribution < 1.29 is 27.1 Å². The van der Waals surface area contributed by atoms with Crippen molar-refractivity contribution in [1.29, 1.82) is 0 Å². The zero-order valence-electron chi connectivity index (χ0n) is 14.0. The number of nitrogens with one attached hydrogen (secondary N) is 2.